The van der Waals surface area contributed by atoms with Gasteiger partial charge in [0.05, 0.1) is 0 Å². The van der Waals surface area contributed by atoms with Crippen molar-refractivity contribution >= 4 is 55.8 Å². The fraction of sp³-hybridized carbons (Fsp3) is 0.0769. The van der Waals surface area contributed by atoms with E-state index >= 15 is 0 Å². The van der Waals surface area contributed by atoms with E-state index in [4.69, 9.17) is 11.6 Å². The largest absolute Gasteiger partial charge is 0.381 e. The molecule has 2 aromatic rings. The number of hydrogen-bond donors (Lipinski definition) is 1. The Kier molecular flexibility index (Phi) is 4.70. The predicted molar refractivity (Wildman–Crippen MR) is 85.6 cm³/mol. The molecule has 0 atom stereocenters. The summed E-state index contributed by atoms with van der Waals surface area (Å²) in [5.74, 6) is 0. The first-order chi connectivity index (χ1) is 8.15. The van der Waals surface area contributed by atoms with Crippen molar-refractivity contribution in [2.75, 3.05) is 5.32 Å². The maximum atomic E-state index is 6.13. The second kappa shape index (κ2) is 6.07. The first-order valence-corrected chi connectivity index (χ1v) is 7.33. The van der Waals surface area contributed by atoms with Crippen LogP contribution in [0.5, 0.6) is 0 Å². The fourth-order valence-electron chi connectivity index (χ4n) is 1.47. The van der Waals surface area contributed by atoms with Gasteiger partial charge in [0.1, 0.15) is 0 Å². The van der Waals surface area contributed by atoms with E-state index in [1.807, 2.05) is 30.3 Å². The molecule has 88 valence electrons. The van der Waals surface area contributed by atoms with Gasteiger partial charge in [-0.3, -0.25) is 0 Å². The predicted octanol–water partition coefficient (Wildman–Crippen LogP) is 5.32. The topological polar surface area (TPSA) is 12.0 Å². The van der Waals surface area contributed by atoms with Gasteiger partial charge in [-0.2, -0.15) is 0 Å². The Labute approximate surface area is 128 Å². The standard InChI is InChI=1S/C13H10BrClIN/c14-10-4-5-13(15)9(6-10)8-17-12-3-1-2-11(16)7-12/h1-7,17H,8H2. The monoisotopic (exact) mass is 421 g/mol. The molecule has 0 aliphatic rings. The molecule has 17 heavy (non-hydrogen) atoms. The summed E-state index contributed by atoms with van der Waals surface area (Å²) >= 11 is 11.9. The Bertz CT molecular complexity index is 531. The Morgan fingerprint density at radius 1 is 1.18 bits per heavy atom. The molecule has 0 amide bonds. The second-order valence-electron chi connectivity index (χ2n) is 3.60. The Hall–Kier alpha value is -0.260. The summed E-state index contributed by atoms with van der Waals surface area (Å²) in [7, 11) is 0. The molecule has 0 spiro atoms. The molecule has 0 aromatic heterocycles. The van der Waals surface area contributed by atoms with Gasteiger partial charge in [0.2, 0.25) is 0 Å². The minimum Gasteiger partial charge on any atom is -0.381 e. The quantitative estimate of drug-likeness (QED) is 0.661. The lowest BCUT2D eigenvalue weighted by atomic mass is 10.2. The van der Waals surface area contributed by atoms with Crippen LogP contribution in [-0.2, 0) is 6.54 Å². The zero-order valence-electron chi connectivity index (χ0n) is 8.88. The highest BCUT2D eigenvalue weighted by atomic mass is 127. The van der Waals surface area contributed by atoms with Crippen LogP contribution in [0.15, 0.2) is 46.9 Å². The molecular weight excluding hydrogens is 412 g/mol. The van der Waals surface area contributed by atoms with E-state index < -0.39 is 0 Å². The van der Waals surface area contributed by atoms with Crippen molar-refractivity contribution in [1.29, 1.82) is 0 Å². The van der Waals surface area contributed by atoms with Crippen molar-refractivity contribution < 1.29 is 0 Å². The van der Waals surface area contributed by atoms with Gasteiger partial charge in [0.25, 0.3) is 0 Å². The summed E-state index contributed by atoms with van der Waals surface area (Å²) in [6.07, 6.45) is 0. The van der Waals surface area contributed by atoms with Crippen molar-refractivity contribution in [2.24, 2.45) is 0 Å². The molecule has 1 N–H and O–H groups in total. The van der Waals surface area contributed by atoms with Gasteiger partial charge in [-0.1, -0.05) is 33.6 Å². The van der Waals surface area contributed by atoms with Crippen LogP contribution >= 0.6 is 50.1 Å². The first kappa shape index (κ1) is 13.2. The highest BCUT2D eigenvalue weighted by Crippen LogP contribution is 2.22. The van der Waals surface area contributed by atoms with E-state index in [0.29, 0.717) is 0 Å². The second-order valence-corrected chi connectivity index (χ2v) is 6.17. The number of anilines is 1. The normalized spacial score (nSPS) is 10.3. The van der Waals surface area contributed by atoms with E-state index in [1.165, 1.54) is 3.57 Å². The van der Waals surface area contributed by atoms with E-state index in [-0.39, 0.29) is 0 Å². The van der Waals surface area contributed by atoms with Gasteiger partial charge in [-0.05, 0) is 64.6 Å². The van der Waals surface area contributed by atoms with Crippen LogP contribution in [0.4, 0.5) is 5.69 Å². The number of halogens is 3. The smallest absolute Gasteiger partial charge is 0.0456 e. The van der Waals surface area contributed by atoms with Crippen LogP contribution < -0.4 is 5.32 Å². The lowest BCUT2D eigenvalue weighted by Gasteiger charge is -2.09. The molecule has 0 saturated carbocycles. The number of rotatable bonds is 3. The third-order valence-corrected chi connectivity index (χ3v) is 3.85. The van der Waals surface area contributed by atoms with Gasteiger partial charge < -0.3 is 5.32 Å². The SMILES string of the molecule is Clc1ccc(Br)cc1CNc1cccc(I)c1. The number of nitrogens with one attached hydrogen (secondary N) is 1. The van der Waals surface area contributed by atoms with Crippen molar-refractivity contribution in [3.8, 4) is 0 Å². The highest BCUT2D eigenvalue weighted by Gasteiger charge is 2.01. The average molecular weight is 422 g/mol. The van der Waals surface area contributed by atoms with Crippen molar-refractivity contribution in [1.82, 2.24) is 0 Å². The molecule has 0 saturated heterocycles. The van der Waals surface area contributed by atoms with E-state index in [1.54, 1.807) is 0 Å². The molecule has 0 radical (unpaired) electrons. The lowest BCUT2D eigenvalue weighted by molar-refractivity contribution is 1.15. The van der Waals surface area contributed by atoms with Crippen LogP contribution in [0.25, 0.3) is 0 Å². The van der Waals surface area contributed by atoms with Crippen LogP contribution in [0, 0.1) is 3.57 Å². The molecule has 4 heteroatoms. The van der Waals surface area contributed by atoms with Gasteiger partial charge in [0, 0.05) is 25.3 Å². The molecule has 0 bridgehead atoms. The third-order valence-electron chi connectivity index (χ3n) is 2.32. The molecule has 2 aromatic carbocycles. The van der Waals surface area contributed by atoms with Crippen LogP contribution in [-0.4, -0.2) is 0 Å². The Morgan fingerprint density at radius 2 is 2.00 bits per heavy atom. The summed E-state index contributed by atoms with van der Waals surface area (Å²) in [6.45, 7) is 0.721. The first-order valence-electron chi connectivity index (χ1n) is 5.08. The van der Waals surface area contributed by atoms with Crippen molar-refractivity contribution in [3.05, 3.63) is 61.1 Å². The maximum absolute atomic E-state index is 6.13. The fourth-order valence-corrected chi connectivity index (χ4v) is 2.61. The molecule has 1 nitrogen and oxygen atoms in total. The number of hydrogen-bond acceptors (Lipinski definition) is 1. The van der Waals surface area contributed by atoms with Gasteiger partial charge >= 0.3 is 0 Å². The molecule has 0 aliphatic heterocycles. The zero-order chi connectivity index (χ0) is 12.3. The van der Waals surface area contributed by atoms with Gasteiger partial charge in [-0.15, -0.1) is 0 Å². The lowest BCUT2D eigenvalue weighted by Crippen LogP contribution is -2.00. The van der Waals surface area contributed by atoms with Crippen LogP contribution in [0.2, 0.25) is 5.02 Å². The minimum atomic E-state index is 0.721. The molecule has 0 heterocycles. The number of benzene rings is 2. The van der Waals surface area contributed by atoms with E-state index in [9.17, 15) is 0 Å². The van der Waals surface area contributed by atoms with Gasteiger partial charge in [-0.25, -0.2) is 0 Å². The summed E-state index contributed by atoms with van der Waals surface area (Å²) in [6, 6.07) is 14.1. The van der Waals surface area contributed by atoms with Crippen molar-refractivity contribution in [2.45, 2.75) is 6.54 Å². The molecule has 0 aliphatic carbocycles. The van der Waals surface area contributed by atoms with E-state index in [2.05, 4.69) is 56.0 Å². The summed E-state index contributed by atoms with van der Waals surface area (Å²) < 4.78 is 2.26. The van der Waals surface area contributed by atoms with E-state index in [0.717, 1.165) is 27.3 Å². The summed E-state index contributed by atoms with van der Waals surface area (Å²) in [4.78, 5) is 0. The molecular formula is C13H10BrClIN. The Balaban J connectivity index is 2.09. The minimum absolute atomic E-state index is 0.721. The van der Waals surface area contributed by atoms with Crippen LogP contribution in [0.1, 0.15) is 5.56 Å². The van der Waals surface area contributed by atoms with Crippen LogP contribution in [0.3, 0.4) is 0 Å². The highest BCUT2D eigenvalue weighted by molar-refractivity contribution is 14.1. The van der Waals surface area contributed by atoms with Crippen molar-refractivity contribution in [3.63, 3.8) is 0 Å². The summed E-state index contributed by atoms with van der Waals surface area (Å²) in [5.41, 5.74) is 2.19. The maximum Gasteiger partial charge on any atom is 0.0456 e. The Morgan fingerprint density at radius 3 is 2.76 bits per heavy atom. The molecule has 0 fully saturated rings. The van der Waals surface area contributed by atoms with Gasteiger partial charge in [0.15, 0.2) is 0 Å². The average Bonchev–Trinajstić information content (AvgIpc) is 2.30. The third kappa shape index (κ3) is 3.86. The summed E-state index contributed by atoms with van der Waals surface area (Å²) in [5, 5.41) is 4.14. The zero-order valence-corrected chi connectivity index (χ0v) is 13.4. The molecule has 0 unspecified atom stereocenters. The molecule has 2 rings (SSSR count).